The summed E-state index contributed by atoms with van der Waals surface area (Å²) < 4.78 is 0. The van der Waals surface area contributed by atoms with Crippen molar-refractivity contribution in [2.75, 3.05) is 25.0 Å². The number of carbonyl (C=O) groups is 1. The minimum atomic E-state index is -0.0835. The van der Waals surface area contributed by atoms with Gasteiger partial charge in [-0.05, 0) is 51.0 Å². The molecule has 1 saturated heterocycles. The molecule has 1 unspecified atom stereocenters. The maximum absolute atomic E-state index is 13.2. The fourth-order valence-electron chi connectivity index (χ4n) is 4.29. The van der Waals surface area contributed by atoms with Crippen molar-refractivity contribution in [2.24, 2.45) is 0 Å². The van der Waals surface area contributed by atoms with Crippen LogP contribution in [0.15, 0.2) is 6.07 Å². The number of piperidine rings is 1. The Balaban J connectivity index is 1.66. The molecule has 1 fully saturated rings. The van der Waals surface area contributed by atoms with Crippen molar-refractivity contribution in [1.29, 1.82) is 0 Å². The molecule has 1 N–H and O–H groups in total. The van der Waals surface area contributed by atoms with Gasteiger partial charge in [0.2, 0.25) is 0 Å². The molecule has 0 radical (unpaired) electrons. The number of amides is 1. The number of fused-ring (bicyclic) bond motifs is 1. The second kappa shape index (κ2) is 7.53. The summed E-state index contributed by atoms with van der Waals surface area (Å²) in [5, 5.41) is 7.28. The van der Waals surface area contributed by atoms with Gasteiger partial charge in [-0.2, -0.15) is 5.10 Å². The zero-order valence-electron chi connectivity index (χ0n) is 17.3. The minimum absolute atomic E-state index is 0.0276. The highest BCUT2D eigenvalue weighted by molar-refractivity contribution is 5.92. The van der Waals surface area contributed by atoms with E-state index in [0.29, 0.717) is 11.6 Å². The van der Waals surface area contributed by atoms with Crippen LogP contribution in [0, 0.1) is 6.92 Å². The van der Waals surface area contributed by atoms with E-state index in [9.17, 15) is 4.79 Å². The number of aryl methyl sites for hydroxylation is 1. The Morgan fingerprint density at radius 3 is 2.79 bits per heavy atom. The number of likely N-dealkylation sites (tertiary alicyclic amines) is 1. The fraction of sp³-hybridized carbons (Fsp3) is 0.619. The number of anilines is 1. The SMILES string of the molecule is Cc1nc(C2CCCCN2C(=O)c2cc(C(C)C)[nH]n2)nc2c1CCCN2C. The maximum atomic E-state index is 13.2. The zero-order valence-corrected chi connectivity index (χ0v) is 17.3. The lowest BCUT2D eigenvalue weighted by Crippen LogP contribution is -2.40. The van der Waals surface area contributed by atoms with Crippen LogP contribution in [0.4, 0.5) is 5.82 Å². The van der Waals surface area contributed by atoms with E-state index in [0.717, 1.165) is 68.2 Å². The largest absolute Gasteiger partial charge is 0.359 e. The molecule has 1 amide bonds. The normalized spacial score (nSPS) is 19.8. The third kappa shape index (κ3) is 3.38. The van der Waals surface area contributed by atoms with Crippen LogP contribution < -0.4 is 4.90 Å². The second-order valence-electron chi connectivity index (χ2n) is 8.37. The third-order valence-electron chi connectivity index (χ3n) is 5.99. The fourth-order valence-corrected chi connectivity index (χ4v) is 4.29. The summed E-state index contributed by atoms with van der Waals surface area (Å²) in [5.74, 6) is 2.10. The number of aromatic amines is 1. The topological polar surface area (TPSA) is 78.0 Å². The predicted molar refractivity (Wildman–Crippen MR) is 109 cm³/mol. The molecule has 150 valence electrons. The molecule has 4 rings (SSSR count). The number of nitrogens with zero attached hydrogens (tertiary/aromatic N) is 5. The summed E-state index contributed by atoms with van der Waals surface area (Å²) in [5.41, 5.74) is 3.77. The predicted octanol–water partition coefficient (Wildman–Crippen LogP) is 3.38. The molecule has 0 bridgehead atoms. The molecular weight excluding hydrogens is 352 g/mol. The molecule has 2 aromatic rings. The Labute approximate surface area is 166 Å². The van der Waals surface area contributed by atoms with E-state index < -0.39 is 0 Å². The Bertz CT molecular complexity index is 874. The van der Waals surface area contributed by atoms with Gasteiger partial charge in [-0.25, -0.2) is 9.97 Å². The summed E-state index contributed by atoms with van der Waals surface area (Å²) in [6.45, 7) is 7.99. The molecule has 0 saturated carbocycles. The summed E-state index contributed by atoms with van der Waals surface area (Å²) in [6.07, 6.45) is 5.16. The number of nitrogens with one attached hydrogen (secondary N) is 1. The lowest BCUT2D eigenvalue weighted by molar-refractivity contribution is 0.0593. The van der Waals surface area contributed by atoms with Gasteiger partial charge in [0.1, 0.15) is 11.5 Å². The monoisotopic (exact) mass is 382 g/mol. The molecule has 0 aliphatic carbocycles. The maximum Gasteiger partial charge on any atom is 0.274 e. The van der Waals surface area contributed by atoms with Crippen molar-refractivity contribution in [3.8, 4) is 0 Å². The Morgan fingerprint density at radius 2 is 2.04 bits per heavy atom. The first-order chi connectivity index (χ1) is 13.5. The van der Waals surface area contributed by atoms with E-state index in [4.69, 9.17) is 9.97 Å². The standard InChI is InChI=1S/C21H30N6O/c1-13(2)16-12-17(25-24-16)21(28)27-11-6-5-9-18(27)19-22-14(3)15-8-7-10-26(4)20(15)23-19/h12-13,18H,5-11H2,1-4H3,(H,24,25). The van der Waals surface area contributed by atoms with Crippen molar-refractivity contribution >= 4 is 11.7 Å². The van der Waals surface area contributed by atoms with Crippen molar-refractivity contribution in [1.82, 2.24) is 25.1 Å². The molecule has 2 aromatic heterocycles. The highest BCUT2D eigenvalue weighted by atomic mass is 16.2. The van der Waals surface area contributed by atoms with Gasteiger partial charge in [0, 0.05) is 37.1 Å². The third-order valence-corrected chi connectivity index (χ3v) is 5.99. The number of hydrogen-bond donors (Lipinski definition) is 1. The minimum Gasteiger partial charge on any atom is -0.359 e. The molecule has 2 aliphatic heterocycles. The molecular formula is C21H30N6O. The quantitative estimate of drug-likeness (QED) is 0.880. The van der Waals surface area contributed by atoms with E-state index in [1.807, 2.05) is 11.0 Å². The molecule has 2 aliphatic rings. The zero-order chi connectivity index (χ0) is 19.8. The lowest BCUT2D eigenvalue weighted by Gasteiger charge is -2.35. The van der Waals surface area contributed by atoms with Crippen LogP contribution in [0.5, 0.6) is 0 Å². The van der Waals surface area contributed by atoms with E-state index in [-0.39, 0.29) is 11.9 Å². The Kier molecular flexibility index (Phi) is 5.08. The van der Waals surface area contributed by atoms with Gasteiger partial charge >= 0.3 is 0 Å². The molecule has 28 heavy (non-hydrogen) atoms. The van der Waals surface area contributed by atoms with Crippen LogP contribution in [-0.2, 0) is 6.42 Å². The van der Waals surface area contributed by atoms with Crippen molar-refractivity contribution in [3.05, 3.63) is 34.5 Å². The summed E-state index contributed by atoms with van der Waals surface area (Å²) in [6, 6.07) is 1.80. The van der Waals surface area contributed by atoms with Crippen LogP contribution in [0.3, 0.4) is 0 Å². The van der Waals surface area contributed by atoms with Gasteiger partial charge in [-0.15, -0.1) is 0 Å². The van der Waals surface area contributed by atoms with E-state index in [1.165, 1.54) is 5.56 Å². The lowest BCUT2D eigenvalue weighted by atomic mass is 9.99. The van der Waals surface area contributed by atoms with Gasteiger partial charge in [0.05, 0.1) is 6.04 Å². The highest BCUT2D eigenvalue weighted by Crippen LogP contribution is 2.34. The summed E-state index contributed by atoms with van der Waals surface area (Å²) in [4.78, 5) is 27.2. The van der Waals surface area contributed by atoms with Gasteiger partial charge in [0.25, 0.3) is 5.91 Å². The van der Waals surface area contributed by atoms with E-state index in [1.54, 1.807) is 0 Å². The van der Waals surface area contributed by atoms with Crippen LogP contribution in [0.1, 0.15) is 84.8 Å². The first-order valence-corrected chi connectivity index (χ1v) is 10.4. The number of rotatable bonds is 3. The van der Waals surface area contributed by atoms with Crippen molar-refractivity contribution in [3.63, 3.8) is 0 Å². The average Bonchev–Trinajstić information content (AvgIpc) is 3.19. The van der Waals surface area contributed by atoms with Crippen LogP contribution in [-0.4, -0.2) is 51.1 Å². The smallest absolute Gasteiger partial charge is 0.274 e. The van der Waals surface area contributed by atoms with Crippen molar-refractivity contribution < 1.29 is 4.79 Å². The number of hydrogen-bond acceptors (Lipinski definition) is 5. The van der Waals surface area contributed by atoms with Crippen LogP contribution in [0.2, 0.25) is 0 Å². The molecule has 0 spiro atoms. The summed E-state index contributed by atoms with van der Waals surface area (Å²) >= 11 is 0. The van der Waals surface area contributed by atoms with E-state index >= 15 is 0 Å². The van der Waals surface area contributed by atoms with Crippen LogP contribution >= 0.6 is 0 Å². The molecule has 7 heteroatoms. The molecule has 0 aromatic carbocycles. The highest BCUT2D eigenvalue weighted by Gasteiger charge is 2.33. The molecule has 7 nitrogen and oxygen atoms in total. The second-order valence-corrected chi connectivity index (χ2v) is 8.37. The molecule has 1 atom stereocenters. The van der Waals surface area contributed by atoms with Gasteiger partial charge in [0.15, 0.2) is 5.82 Å². The number of H-pyrrole nitrogens is 1. The summed E-state index contributed by atoms with van der Waals surface area (Å²) in [7, 11) is 2.09. The van der Waals surface area contributed by atoms with Gasteiger partial charge in [-0.3, -0.25) is 9.89 Å². The van der Waals surface area contributed by atoms with E-state index in [2.05, 4.69) is 42.9 Å². The van der Waals surface area contributed by atoms with Gasteiger partial charge in [-0.1, -0.05) is 13.8 Å². The first kappa shape index (κ1) is 18.9. The van der Waals surface area contributed by atoms with Crippen molar-refractivity contribution in [2.45, 2.75) is 64.8 Å². The first-order valence-electron chi connectivity index (χ1n) is 10.4. The number of aromatic nitrogens is 4. The van der Waals surface area contributed by atoms with Gasteiger partial charge < -0.3 is 9.80 Å². The molecule has 4 heterocycles. The number of carbonyl (C=O) groups excluding carboxylic acids is 1. The average molecular weight is 383 g/mol. The Morgan fingerprint density at radius 1 is 1.21 bits per heavy atom. The Hall–Kier alpha value is -2.44. The van der Waals surface area contributed by atoms with Crippen LogP contribution in [0.25, 0.3) is 0 Å².